The van der Waals surface area contributed by atoms with Gasteiger partial charge in [0.05, 0.1) is 11.8 Å². The van der Waals surface area contributed by atoms with E-state index < -0.39 is 0 Å². The number of halogens is 1. The standard InChI is InChI=1S/C14H16ClN5O2/c15-11-7-12(19-14(16)18-11)17-10-1-4-20(5-2-10)13(21)9-3-6-22-8-9/h3,6-8,10H,1-2,4-5H2,(H3,16,17,18,19). The first-order valence-electron chi connectivity index (χ1n) is 7.00. The highest BCUT2D eigenvalue weighted by Crippen LogP contribution is 2.19. The van der Waals surface area contributed by atoms with Crippen molar-refractivity contribution in [2.75, 3.05) is 24.1 Å². The lowest BCUT2D eigenvalue weighted by Gasteiger charge is -2.32. The Morgan fingerprint density at radius 1 is 1.41 bits per heavy atom. The number of furan rings is 1. The zero-order valence-electron chi connectivity index (χ0n) is 11.8. The van der Waals surface area contributed by atoms with E-state index >= 15 is 0 Å². The molecule has 2 aromatic rings. The summed E-state index contributed by atoms with van der Waals surface area (Å²) < 4.78 is 4.95. The Morgan fingerprint density at radius 2 is 2.18 bits per heavy atom. The van der Waals surface area contributed by atoms with E-state index in [0.717, 1.165) is 12.8 Å². The van der Waals surface area contributed by atoms with Crippen LogP contribution in [0.15, 0.2) is 29.1 Å². The van der Waals surface area contributed by atoms with Crippen molar-refractivity contribution in [2.45, 2.75) is 18.9 Å². The molecular formula is C14H16ClN5O2. The van der Waals surface area contributed by atoms with E-state index in [1.54, 1.807) is 12.1 Å². The number of nitrogens with one attached hydrogen (secondary N) is 1. The second-order valence-electron chi connectivity index (χ2n) is 5.16. The predicted molar refractivity (Wildman–Crippen MR) is 82.7 cm³/mol. The molecule has 3 rings (SSSR count). The van der Waals surface area contributed by atoms with Gasteiger partial charge in [-0.05, 0) is 18.9 Å². The smallest absolute Gasteiger partial charge is 0.257 e. The van der Waals surface area contributed by atoms with E-state index in [-0.39, 0.29) is 17.9 Å². The number of nitrogens with two attached hydrogens (primary N) is 1. The van der Waals surface area contributed by atoms with Gasteiger partial charge in [0.25, 0.3) is 5.91 Å². The molecule has 2 aromatic heterocycles. The maximum Gasteiger partial charge on any atom is 0.257 e. The van der Waals surface area contributed by atoms with Gasteiger partial charge in [0.2, 0.25) is 5.95 Å². The number of aromatic nitrogens is 2. The molecule has 1 fully saturated rings. The first-order chi connectivity index (χ1) is 10.6. The van der Waals surface area contributed by atoms with Crippen LogP contribution in [0, 0.1) is 0 Å². The lowest BCUT2D eigenvalue weighted by Crippen LogP contribution is -2.42. The van der Waals surface area contributed by atoms with Crippen molar-refractivity contribution in [1.82, 2.24) is 14.9 Å². The summed E-state index contributed by atoms with van der Waals surface area (Å²) in [7, 11) is 0. The number of amides is 1. The van der Waals surface area contributed by atoms with Crippen molar-refractivity contribution in [3.05, 3.63) is 35.4 Å². The van der Waals surface area contributed by atoms with Crippen molar-refractivity contribution < 1.29 is 9.21 Å². The van der Waals surface area contributed by atoms with E-state index in [1.165, 1.54) is 12.5 Å². The molecule has 1 aliphatic rings. The number of hydrogen-bond donors (Lipinski definition) is 2. The Kier molecular flexibility index (Phi) is 4.15. The first-order valence-corrected chi connectivity index (χ1v) is 7.37. The number of nitrogen functional groups attached to an aromatic ring is 1. The Hall–Kier alpha value is -2.28. The van der Waals surface area contributed by atoms with Gasteiger partial charge in [-0.15, -0.1) is 0 Å². The van der Waals surface area contributed by atoms with Crippen molar-refractivity contribution in [1.29, 1.82) is 0 Å². The Morgan fingerprint density at radius 3 is 2.82 bits per heavy atom. The van der Waals surface area contributed by atoms with E-state index in [4.69, 9.17) is 21.8 Å². The van der Waals surface area contributed by atoms with Gasteiger partial charge in [-0.25, -0.2) is 4.98 Å². The highest BCUT2D eigenvalue weighted by molar-refractivity contribution is 6.29. The average molecular weight is 322 g/mol. The molecule has 0 spiro atoms. The van der Waals surface area contributed by atoms with E-state index in [2.05, 4.69) is 15.3 Å². The molecular weight excluding hydrogens is 306 g/mol. The highest BCUT2D eigenvalue weighted by atomic mass is 35.5. The molecule has 3 heterocycles. The molecule has 0 aliphatic carbocycles. The summed E-state index contributed by atoms with van der Waals surface area (Å²) in [6.07, 6.45) is 4.62. The fourth-order valence-corrected chi connectivity index (χ4v) is 2.70. The molecule has 116 valence electrons. The van der Waals surface area contributed by atoms with Gasteiger partial charge in [-0.3, -0.25) is 4.79 Å². The van der Waals surface area contributed by atoms with Crippen molar-refractivity contribution in [2.24, 2.45) is 0 Å². The molecule has 8 heteroatoms. The summed E-state index contributed by atoms with van der Waals surface area (Å²) in [5.74, 6) is 0.751. The molecule has 0 atom stereocenters. The van der Waals surface area contributed by atoms with E-state index in [0.29, 0.717) is 29.6 Å². The number of rotatable bonds is 3. The normalized spacial score (nSPS) is 15.8. The topological polar surface area (TPSA) is 97.3 Å². The monoisotopic (exact) mass is 321 g/mol. The zero-order chi connectivity index (χ0) is 15.5. The van der Waals surface area contributed by atoms with Crippen molar-refractivity contribution in [3.63, 3.8) is 0 Å². The van der Waals surface area contributed by atoms with Crippen molar-refractivity contribution >= 4 is 29.3 Å². The molecule has 3 N–H and O–H groups in total. The quantitative estimate of drug-likeness (QED) is 0.839. The van der Waals surface area contributed by atoms with Gasteiger partial charge in [-0.2, -0.15) is 4.98 Å². The summed E-state index contributed by atoms with van der Waals surface area (Å²) >= 11 is 5.86. The van der Waals surface area contributed by atoms with Crippen LogP contribution < -0.4 is 11.1 Å². The van der Waals surface area contributed by atoms with Crippen molar-refractivity contribution in [3.8, 4) is 0 Å². The lowest BCUT2D eigenvalue weighted by atomic mass is 10.0. The summed E-state index contributed by atoms with van der Waals surface area (Å²) in [6, 6.07) is 3.54. The average Bonchev–Trinajstić information content (AvgIpc) is 3.00. The summed E-state index contributed by atoms with van der Waals surface area (Å²) in [6.45, 7) is 1.35. The number of nitrogens with zero attached hydrogens (tertiary/aromatic N) is 3. The van der Waals surface area contributed by atoms with E-state index in [9.17, 15) is 4.79 Å². The predicted octanol–water partition coefficient (Wildman–Crippen LogP) is 2.02. The van der Waals surface area contributed by atoms with Crippen LogP contribution in [0.1, 0.15) is 23.2 Å². The molecule has 0 radical (unpaired) electrons. The Bertz CT molecular complexity index is 633. The number of hydrogen-bond acceptors (Lipinski definition) is 6. The molecule has 22 heavy (non-hydrogen) atoms. The molecule has 0 saturated carbocycles. The largest absolute Gasteiger partial charge is 0.472 e. The van der Waals surface area contributed by atoms with Gasteiger partial charge >= 0.3 is 0 Å². The fourth-order valence-electron chi connectivity index (χ4n) is 2.51. The van der Waals surface area contributed by atoms with Gasteiger partial charge in [-0.1, -0.05) is 11.6 Å². The SMILES string of the molecule is Nc1nc(Cl)cc(NC2CCN(C(=O)c3ccoc3)CC2)n1. The third-order valence-corrected chi connectivity index (χ3v) is 3.81. The van der Waals surface area contributed by atoms with Crippen LogP contribution in [0.3, 0.4) is 0 Å². The molecule has 0 aromatic carbocycles. The van der Waals surface area contributed by atoms with Gasteiger partial charge in [0, 0.05) is 25.2 Å². The molecule has 1 saturated heterocycles. The third kappa shape index (κ3) is 3.30. The maximum absolute atomic E-state index is 12.2. The number of anilines is 2. The molecule has 1 aliphatic heterocycles. The minimum atomic E-state index is 0.00141. The Labute approximate surface area is 132 Å². The molecule has 0 bridgehead atoms. The minimum Gasteiger partial charge on any atom is -0.472 e. The van der Waals surface area contributed by atoms with Crippen LogP contribution in [0.5, 0.6) is 0 Å². The molecule has 7 nitrogen and oxygen atoms in total. The van der Waals surface area contributed by atoms with E-state index in [1.807, 2.05) is 4.90 Å². The van der Waals surface area contributed by atoms with Crippen LogP contribution in [0.25, 0.3) is 0 Å². The molecule has 1 amide bonds. The van der Waals surface area contributed by atoms with Crippen LogP contribution in [0.2, 0.25) is 5.15 Å². The van der Waals surface area contributed by atoms with Crippen LogP contribution in [-0.4, -0.2) is 39.9 Å². The number of carbonyl (C=O) groups is 1. The number of carbonyl (C=O) groups excluding carboxylic acids is 1. The highest BCUT2D eigenvalue weighted by Gasteiger charge is 2.24. The molecule has 0 unspecified atom stereocenters. The minimum absolute atomic E-state index is 0.00141. The second-order valence-corrected chi connectivity index (χ2v) is 5.54. The Balaban J connectivity index is 1.56. The fraction of sp³-hybridized carbons (Fsp3) is 0.357. The zero-order valence-corrected chi connectivity index (χ0v) is 12.6. The number of likely N-dealkylation sites (tertiary alicyclic amines) is 1. The lowest BCUT2D eigenvalue weighted by molar-refractivity contribution is 0.0717. The maximum atomic E-state index is 12.2. The number of piperidine rings is 1. The van der Waals surface area contributed by atoms with Gasteiger partial charge in [0.15, 0.2) is 0 Å². The summed E-state index contributed by atoms with van der Waals surface area (Å²) in [5, 5.41) is 3.59. The summed E-state index contributed by atoms with van der Waals surface area (Å²) in [5.41, 5.74) is 6.16. The van der Waals surface area contributed by atoms with Crippen LogP contribution in [0.4, 0.5) is 11.8 Å². The van der Waals surface area contributed by atoms with Crippen LogP contribution in [-0.2, 0) is 0 Å². The first kappa shape index (κ1) is 14.6. The van der Waals surface area contributed by atoms with Gasteiger partial charge in [0.1, 0.15) is 17.2 Å². The van der Waals surface area contributed by atoms with Gasteiger partial charge < -0.3 is 20.4 Å². The third-order valence-electron chi connectivity index (χ3n) is 3.61. The second kappa shape index (κ2) is 6.23. The van der Waals surface area contributed by atoms with Crippen LogP contribution >= 0.6 is 11.6 Å². The summed E-state index contributed by atoms with van der Waals surface area (Å²) in [4.78, 5) is 22.0.